The van der Waals surface area contributed by atoms with Crippen molar-refractivity contribution < 1.29 is 4.79 Å². The summed E-state index contributed by atoms with van der Waals surface area (Å²) in [5.74, 6) is -0.0119. The van der Waals surface area contributed by atoms with E-state index in [-0.39, 0.29) is 12.3 Å². The Kier molecular flexibility index (Phi) is 4.58. The number of anilines is 1. The summed E-state index contributed by atoms with van der Waals surface area (Å²) in [7, 11) is 1.75. The molecule has 2 N–H and O–H groups in total. The van der Waals surface area contributed by atoms with Crippen molar-refractivity contribution in [2.45, 2.75) is 13.0 Å². The van der Waals surface area contributed by atoms with E-state index in [0.29, 0.717) is 22.9 Å². The lowest BCUT2D eigenvalue weighted by Gasteiger charge is -2.17. The molecule has 0 bridgehead atoms. The van der Waals surface area contributed by atoms with Gasteiger partial charge in [0.05, 0.1) is 18.3 Å². The molecule has 1 aromatic heterocycles. The highest BCUT2D eigenvalue weighted by atomic mass is 35.5. The van der Waals surface area contributed by atoms with Crippen LogP contribution in [0.4, 0.5) is 5.69 Å². The van der Waals surface area contributed by atoms with Crippen LogP contribution in [-0.2, 0) is 17.8 Å². The summed E-state index contributed by atoms with van der Waals surface area (Å²) in [5, 5.41) is 0.665. The van der Waals surface area contributed by atoms with E-state index >= 15 is 0 Å². The molecule has 104 valence electrons. The van der Waals surface area contributed by atoms with Crippen molar-refractivity contribution in [1.29, 1.82) is 0 Å². The van der Waals surface area contributed by atoms with Gasteiger partial charge in [0.2, 0.25) is 5.91 Å². The van der Waals surface area contributed by atoms with Gasteiger partial charge in [-0.05, 0) is 23.8 Å². The molecule has 0 saturated carbocycles. The number of benzene rings is 1. The lowest BCUT2D eigenvalue weighted by Crippen LogP contribution is -2.28. The van der Waals surface area contributed by atoms with Crippen molar-refractivity contribution in [3.63, 3.8) is 0 Å². The van der Waals surface area contributed by atoms with Gasteiger partial charge < -0.3 is 10.6 Å². The molecule has 0 aliphatic heterocycles. The Bertz CT molecular complexity index is 598. The maximum absolute atomic E-state index is 12.1. The molecule has 0 radical (unpaired) electrons. The number of amides is 1. The number of likely N-dealkylation sites (N-methyl/N-ethyl adjacent to an activating group) is 1. The van der Waals surface area contributed by atoms with Crippen molar-refractivity contribution in [2.24, 2.45) is 0 Å². The molecule has 1 heterocycles. The molecule has 0 fully saturated rings. The molecular formula is C15H16ClN3O. The van der Waals surface area contributed by atoms with Gasteiger partial charge in [-0.15, -0.1) is 0 Å². The number of nitrogens with zero attached hydrogens (tertiary/aromatic N) is 2. The molecule has 0 atom stereocenters. The average Bonchev–Trinajstić information content (AvgIpc) is 2.44. The van der Waals surface area contributed by atoms with E-state index in [9.17, 15) is 4.79 Å². The molecule has 0 unspecified atom stereocenters. The number of hydrogen-bond acceptors (Lipinski definition) is 3. The number of pyridine rings is 1. The minimum atomic E-state index is -0.0119. The van der Waals surface area contributed by atoms with E-state index in [0.717, 1.165) is 5.56 Å². The van der Waals surface area contributed by atoms with E-state index in [2.05, 4.69) is 4.98 Å². The van der Waals surface area contributed by atoms with Gasteiger partial charge in [-0.1, -0.05) is 29.8 Å². The maximum Gasteiger partial charge on any atom is 0.228 e. The van der Waals surface area contributed by atoms with Gasteiger partial charge in [-0.3, -0.25) is 9.78 Å². The zero-order valence-electron chi connectivity index (χ0n) is 11.2. The molecular weight excluding hydrogens is 274 g/mol. The van der Waals surface area contributed by atoms with E-state index in [1.54, 1.807) is 30.3 Å². The molecule has 2 rings (SSSR count). The highest BCUT2D eigenvalue weighted by Gasteiger charge is 2.12. The van der Waals surface area contributed by atoms with Gasteiger partial charge in [0, 0.05) is 24.3 Å². The predicted octanol–water partition coefficient (Wildman–Crippen LogP) is 2.52. The molecule has 2 aromatic rings. The highest BCUT2D eigenvalue weighted by molar-refractivity contribution is 6.31. The summed E-state index contributed by atoms with van der Waals surface area (Å²) in [4.78, 5) is 17.9. The normalized spacial score (nSPS) is 10.3. The molecule has 1 aromatic carbocycles. The van der Waals surface area contributed by atoms with Crippen LogP contribution in [0.25, 0.3) is 0 Å². The Morgan fingerprint density at radius 1 is 1.30 bits per heavy atom. The first-order valence-corrected chi connectivity index (χ1v) is 6.62. The predicted molar refractivity (Wildman–Crippen MR) is 80.3 cm³/mol. The van der Waals surface area contributed by atoms with Crippen molar-refractivity contribution >= 4 is 23.2 Å². The Labute approximate surface area is 123 Å². The van der Waals surface area contributed by atoms with Crippen molar-refractivity contribution in [1.82, 2.24) is 9.88 Å². The lowest BCUT2D eigenvalue weighted by atomic mass is 10.2. The van der Waals surface area contributed by atoms with Crippen LogP contribution in [0.1, 0.15) is 11.3 Å². The van der Waals surface area contributed by atoms with Crippen LogP contribution in [0.5, 0.6) is 0 Å². The maximum atomic E-state index is 12.1. The largest absolute Gasteiger partial charge is 0.397 e. The molecule has 1 amide bonds. The monoisotopic (exact) mass is 289 g/mol. The second-order valence-electron chi connectivity index (χ2n) is 4.60. The number of carbonyl (C=O) groups excluding carboxylic acids is 1. The second kappa shape index (κ2) is 6.39. The molecule has 4 nitrogen and oxygen atoms in total. The molecule has 20 heavy (non-hydrogen) atoms. The summed E-state index contributed by atoms with van der Waals surface area (Å²) >= 11 is 6.09. The van der Waals surface area contributed by atoms with Crippen LogP contribution in [0, 0.1) is 0 Å². The summed E-state index contributed by atoms with van der Waals surface area (Å²) < 4.78 is 0. The fraction of sp³-hybridized carbons (Fsp3) is 0.200. The van der Waals surface area contributed by atoms with E-state index < -0.39 is 0 Å². The van der Waals surface area contributed by atoms with Crippen molar-refractivity contribution in [2.75, 3.05) is 12.8 Å². The van der Waals surface area contributed by atoms with Crippen LogP contribution < -0.4 is 5.73 Å². The first kappa shape index (κ1) is 14.3. The molecule has 0 aliphatic rings. The van der Waals surface area contributed by atoms with Gasteiger partial charge in [0.25, 0.3) is 0 Å². The minimum Gasteiger partial charge on any atom is -0.397 e. The highest BCUT2D eigenvalue weighted by Crippen LogP contribution is 2.16. The van der Waals surface area contributed by atoms with E-state index in [4.69, 9.17) is 17.3 Å². The number of rotatable bonds is 4. The molecule has 5 heteroatoms. The van der Waals surface area contributed by atoms with Crippen LogP contribution in [-0.4, -0.2) is 22.8 Å². The number of nitrogens with two attached hydrogens (primary N) is 1. The summed E-state index contributed by atoms with van der Waals surface area (Å²) in [6.45, 7) is 0.480. The second-order valence-corrected chi connectivity index (χ2v) is 5.01. The zero-order chi connectivity index (χ0) is 14.5. The lowest BCUT2D eigenvalue weighted by molar-refractivity contribution is -0.129. The third-order valence-corrected chi connectivity index (χ3v) is 3.34. The smallest absolute Gasteiger partial charge is 0.228 e. The van der Waals surface area contributed by atoms with Crippen LogP contribution in [0.3, 0.4) is 0 Å². The van der Waals surface area contributed by atoms with Gasteiger partial charge in [0.1, 0.15) is 0 Å². The minimum absolute atomic E-state index is 0.0119. The number of carbonyl (C=O) groups is 1. The summed E-state index contributed by atoms with van der Waals surface area (Å²) in [6.07, 6.45) is 1.80. The molecule has 0 aliphatic carbocycles. The third kappa shape index (κ3) is 3.71. The van der Waals surface area contributed by atoms with E-state index in [1.165, 1.54) is 0 Å². The number of halogens is 1. The quantitative estimate of drug-likeness (QED) is 0.941. The molecule has 0 spiro atoms. The topological polar surface area (TPSA) is 59.2 Å². The number of hydrogen-bond donors (Lipinski definition) is 1. The Balaban J connectivity index is 1.99. The van der Waals surface area contributed by atoms with Gasteiger partial charge in [0.15, 0.2) is 0 Å². The van der Waals surface area contributed by atoms with Crippen LogP contribution in [0.2, 0.25) is 5.02 Å². The fourth-order valence-electron chi connectivity index (χ4n) is 1.80. The standard InChI is InChI=1S/C15H16ClN3O/c1-19(10-11-4-2-3-5-14(11)16)15(20)8-13-7-6-12(17)9-18-13/h2-7,9H,8,10,17H2,1H3. The first-order valence-electron chi connectivity index (χ1n) is 6.24. The fourth-order valence-corrected chi connectivity index (χ4v) is 2.00. The SMILES string of the molecule is CN(Cc1ccccc1Cl)C(=O)Cc1ccc(N)cn1. The Hall–Kier alpha value is -2.07. The number of aromatic nitrogens is 1. The Morgan fingerprint density at radius 3 is 2.70 bits per heavy atom. The average molecular weight is 290 g/mol. The van der Waals surface area contributed by atoms with Gasteiger partial charge in [-0.2, -0.15) is 0 Å². The van der Waals surface area contributed by atoms with Crippen LogP contribution >= 0.6 is 11.6 Å². The zero-order valence-corrected chi connectivity index (χ0v) is 12.0. The van der Waals surface area contributed by atoms with Crippen molar-refractivity contribution in [3.8, 4) is 0 Å². The number of nitrogen functional groups attached to an aromatic ring is 1. The third-order valence-electron chi connectivity index (χ3n) is 2.97. The first-order chi connectivity index (χ1) is 9.56. The van der Waals surface area contributed by atoms with Gasteiger partial charge in [-0.25, -0.2) is 0 Å². The molecule has 0 saturated heterocycles. The van der Waals surface area contributed by atoms with Crippen molar-refractivity contribution in [3.05, 3.63) is 58.9 Å². The van der Waals surface area contributed by atoms with Gasteiger partial charge >= 0.3 is 0 Å². The van der Waals surface area contributed by atoms with E-state index in [1.807, 2.05) is 24.3 Å². The summed E-state index contributed by atoms with van der Waals surface area (Å²) in [5.41, 5.74) is 7.78. The summed E-state index contributed by atoms with van der Waals surface area (Å²) in [6, 6.07) is 11.0. The van der Waals surface area contributed by atoms with Crippen LogP contribution in [0.15, 0.2) is 42.6 Å². The Morgan fingerprint density at radius 2 is 2.05 bits per heavy atom.